The number of nitrogens with one attached hydrogen (secondary N) is 1. The number of hydrogen-bond acceptors (Lipinski definition) is 8. The van der Waals surface area contributed by atoms with E-state index < -0.39 is 6.09 Å². The van der Waals surface area contributed by atoms with Gasteiger partial charge in [0.15, 0.2) is 0 Å². The fourth-order valence-corrected chi connectivity index (χ4v) is 4.16. The number of ether oxygens (including phenoxy) is 1. The summed E-state index contributed by atoms with van der Waals surface area (Å²) in [4.78, 5) is 32.8. The van der Waals surface area contributed by atoms with E-state index in [0.717, 1.165) is 34.3 Å². The van der Waals surface area contributed by atoms with Gasteiger partial charge in [-0.15, -0.1) is 4.37 Å². The molecule has 11 nitrogen and oxygen atoms in total. The molecule has 1 aliphatic heterocycles. The Morgan fingerprint density at radius 2 is 1.94 bits per heavy atom. The van der Waals surface area contributed by atoms with Crippen molar-refractivity contribution < 1.29 is 19.4 Å². The highest BCUT2D eigenvalue weighted by atomic mass is 32.1. The molecular weight excluding hydrogens is 470 g/mol. The van der Waals surface area contributed by atoms with Crippen molar-refractivity contribution in [3.63, 3.8) is 0 Å². The van der Waals surface area contributed by atoms with Gasteiger partial charge in [-0.1, -0.05) is 19.1 Å². The fourth-order valence-electron chi connectivity index (χ4n) is 3.64. The van der Waals surface area contributed by atoms with Gasteiger partial charge in [0.2, 0.25) is 5.82 Å². The van der Waals surface area contributed by atoms with Crippen LogP contribution in [0, 0.1) is 0 Å². The maximum absolute atomic E-state index is 12.7. The van der Waals surface area contributed by atoms with E-state index in [-0.39, 0.29) is 12.6 Å². The summed E-state index contributed by atoms with van der Waals surface area (Å²) < 4.78 is 14.6. The van der Waals surface area contributed by atoms with E-state index in [1.807, 2.05) is 24.3 Å². The molecule has 0 radical (unpaired) electrons. The number of carbonyl (C=O) groups excluding carboxylic acids is 1. The first-order valence-electron chi connectivity index (χ1n) is 11.2. The Morgan fingerprint density at radius 3 is 2.69 bits per heavy atom. The third-order valence-electron chi connectivity index (χ3n) is 5.71. The third-order valence-corrected chi connectivity index (χ3v) is 6.21. The smallest absolute Gasteiger partial charge is 0.412 e. The SMILES string of the molecule is CCc1cccc(NC(=O)N2CCN(c3nsnc3OCc3ccnc(N(C)C(=O)O)c3)CC2)c1. The van der Waals surface area contributed by atoms with Crippen molar-refractivity contribution in [3.05, 3.63) is 53.7 Å². The van der Waals surface area contributed by atoms with Gasteiger partial charge in [-0.2, -0.15) is 4.37 Å². The van der Waals surface area contributed by atoms with Gasteiger partial charge in [-0.05, 0) is 41.8 Å². The van der Waals surface area contributed by atoms with Crippen LogP contribution in [0.25, 0.3) is 0 Å². The standard InChI is InChI=1S/C23H27N7O4S/c1-3-16-5-4-6-18(13-16)25-22(31)30-11-9-29(10-12-30)20-21(27-35-26-20)34-15-17-7-8-24-19(14-17)28(2)23(32)33/h4-8,13-14H,3,9-12,15H2,1-2H3,(H,25,31)(H,32,33). The van der Waals surface area contributed by atoms with Crippen molar-refractivity contribution in [2.24, 2.45) is 0 Å². The first-order chi connectivity index (χ1) is 16.9. The molecule has 1 fully saturated rings. The third kappa shape index (κ3) is 5.96. The number of rotatable bonds is 7. The second kappa shape index (κ2) is 11.0. The Labute approximate surface area is 207 Å². The van der Waals surface area contributed by atoms with Gasteiger partial charge in [0.05, 0.1) is 11.7 Å². The Kier molecular flexibility index (Phi) is 7.60. The molecule has 2 aromatic heterocycles. The molecule has 1 aromatic carbocycles. The number of benzene rings is 1. The van der Waals surface area contributed by atoms with Crippen molar-refractivity contribution in [2.75, 3.05) is 48.3 Å². The van der Waals surface area contributed by atoms with Crippen molar-refractivity contribution in [3.8, 4) is 5.88 Å². The second-order valence-corrected chi connectivity index (χ2v) is 8.53. The molecule has 0 saturated carbocycles. The van der Waals surface area contributed by atoms with Crippen LogP contribution in [0.3, 0.4) is 0 Å². The minimum atomic E-state index is -1.09. The van der Waals surface area contributed by atoms with Crippen LogP contribution in [0.4, 0.5) is 26.9 Å². The highest BCUT2D eigenvalue weighted by Crippen LogP contribution is 2.28. The zero-order valence-electron chi connectivity index (χ0n) is 19.5. The van der Waals surface area contributed by atoms with Crippen LogP contribution in [-0.4, -0.2) is 69.1 Å². The molecule has 0 atom stereocenters. The van der Waals surface area contributed by atoms with E-state index in [4.69, 9.17) is 9.84 Å². The molecule has 3 heterocycles. The predicted molar refractivity (Wildman–Crippen MR) is 134 cm³/mol. The fraction of sp³-hybridized carbons (Fsp3) is 0.348. The minimum absolute atomic E-state index is 0.120. The molecule has 0 aliphatic carbocycles. The molecule has 35 heavy (non-hydrogen) atoms. The number of amides is 3. The van der Waals surface area contributed by atoms with E-state index >= 15 is 0 Å². The van der Waals surface area contributed by atoms with Crippen LogP contribution in [0.15, 0.2) is 42.6 Å². The van der Waals surface area contributed by atoms with Gasteiger partial charge in [-0.25, -0.2) is 14.6 Å². The summed E-state index contributed by atoms with van der Waals surface area (Å²) in [6.45, 7) is 4.58. The molecule has 3 aromatic rings. The van der Waals surface area contributed by atoms with Crippen molar-refractivity contribution >= 4 is 41.2 Å². The van der Waals surface area contributed by atoms with Gasteiger partial charge in [0.25, 0.3) is 5.88 Å². The lowest BCUT2D eigenvalue weighted by Gasteiger charge is -2.34. The number of aryl methyl sites for hydroxylation is 1. The number of nitrogens with zero attached hydrogens (tertiary/aromatic N) is 6. The number of piperazine rings is 1. The predicted octanol–water partition coefficient (Wildman–Crippen LogP) is 3.54. The summed E-state index contributed by atoms with van der Waals surface area (Å²) in [7, 11) is 1.43. The number of hydrogen-bond donors (Lipinski definition) is 2. The molecular formula is C23H27N7O4S. The Bertz CT molecular complexity index is 1180. The van der Waals surface area contributed by atoms with Gasteiger partial charge in [-0.3, -0.25) is 4.90 Å². The lowest BCUT2D eigenvalue weighted by Crippen LogP contribution is -2.50. The van der Waals surface area contributed by atoms with Crippen molar-refractivity contribution in [2.45, 2.75) is 20.0 Å². The molecule has 184 valence electrons. The van der Waals surface area contributed by atoms with E-state index in [0.29, 0.717) is 43.7 Å². The van der Waals surface area contributed by atoms with Crippen LogP contribution in [0.5, 0.6) is 5.88 Å². The first-order valence-corrected chi connectivity index (χ1v) is 11.9. The Morgan fingerprint density at radius 1 is 1.14 bits per heavy atom. The van der Waals surface area contributed by atoms with E-state index in [9.17, 15) is 9.59 Å². The number of carboxylic acid groups (broad SMARTS) is 1. The molecule has 12 heteroatoms. The lowest BCUT2D eigenvalue weighted by molar-refractivity contribution is 0.203. The van der Waals surface area contributed by atoms with Crippen LogP contribution in [0.2, 0.25) is 0 Å². The Hall–Kier alpha value is -3.93. The van der Waals surface area contributed by atoms with Gasteiger partial charge in [0.1, 0.15) is 12.4 Å². The lowest BCUT2D eigenvalue weighted by atomic mass is 10.1. The number of carbonyl (C=O) groups is 2. The van der Waals surface area contributed by atoms with Crippen molar-refractivity contribution in [1.82, 2.24) is 18.6 Å². The van der Waals surface area contributed by atoms with Crippen LogP contribution in [-0.2, 0) is 13.0 Å². The minimum Gasteiger partial charge on any atom is -0.470 e. The average Bonchev–Trinajstić information content (AvgIpc) is 3.36. The summed E-state index contributed by atoms with van der Waals surface area (Å²) in [5.41, 5.74) is 2.73. The average molecular weight is 498 g/mol. The Balaban J connectivity index is 1.32. The van der Waals surface area contributed by atoms with E-state index in [1.165, 1.54) is 18.8 Å². The topological polar surface area (TPSA) is 124 Å². The van der Waals surface area contributed by atoms with E-state index in [2.05, 4.69) is 30.9 Å². The second-order valence-electron chi connectivity index (χ2n) is 8.00. The molecule has 1 saturated heterocycles. The summed E-state index contributed by atoms with van der Waals surface area (Å²) >= 11 is 1.06. The molecule has 1 aliphatic rings. The molecule has 0 unspecified atom stereocenters. The van der Waals surface area contributed by atoms with Crippen LogP contribution < -0.4 is 19.9 Å². The molecule has 3 amide bonds. The zero-order valence-corrected chi connectivity index (χ0v) is 20.4. The maximum atomic E-state index is 12.7. The molecule has 0 spiro atoms. The summed E-state index contributed by atoms with van der Waals surface area (Å²) in [6.07, 6.45) is 1.36. The van der Waals surface area contributed by atoms with Gasteiger partial charge < -0.3 is 25.0 Å². The zero-order chi connectivity index (χ0) is 24.8. The summed E-state index contributed by atoms with van der Waals surface area (Å²) in [5.74, 6) is 1.36. The van der Waals surface area contributed by atoms with Crippen LogP contribution in [0.1, 0.15) is 18.1 Å². The van der Waals surface area contributed by atoms with Gasteiger partial charge >= 0.3 is 12.1 Å². The number of aromatic nitrogens is 3. The quantitative estimate of drug-likeness (QED) is 0.508. The normalized spacial score (nSPS) is 13.4. The van der Waals surface area contributed by atoms with E-state index in [1.54, 1.807) is 17.0 Å². The van der Waals surface area contributed by atoms with Crippen LogP contribution >= 0.6 is 11.7 Å². The number of pyridine rings is 1. The van der Waals surface area contributed by atoms with Crippen molar-refractivity contribution in [1.29, 1.82) is 0 Å². The largest absolute Gasteiger partial charge is 0.470 e. The molecule has 4 rings (SSSR count). The monoisotopic (exact) mass is 497 g/mol. The number of anilines is 3. The highest BCUT2D eigenvalue weighted by Gasteiger charge is 2.25. The maximum Gasteiger partial charge on any atom is 0.412 e. The first kappa shape index (κ1) is 24.2. The highest BCUT2D eigenvalue weighted by molar-refractivity contribution is 6.99. The number of urea groups is 1. The van der Waals surface area contributed by atoms with Gasteiger partial charge in [0, 0.05) is 45.1 Å². The molecule has 0 bridgehead atoms. The summed E-state index contributed by atoms with van der Waals surface area (Å²) in [5, 5.41) is 12.1. The molecule has 2 N–H and O–H groups in total. The summed E-state index contributed by atoms with van der Waals surface area (Å²) in [6, 6.07) is 11.2.